The van der Waals surface area contributed by atoms with E-state index in [0.717, 1.165) is 22.8 Å². The van der Waals surface area contributed by atoms with Gasteiger partial charge in [0, 0.05) is 77.5 Å². The maximum Gasteiger partial charge on any atom is 0.336 e. The monoisotopic (exact) mass is 1800 g/mol. The van der Waals surface area contributed by atoms with Crippen molar-refractivity contribution in [2.45, 2.75) is 113 Å². The van der Waals surface area contributed by atoms with Crippen LogP contribution in [0.3, 0.4) is 0 Å². The van der Waals surface area contributed by atoms with Crippen molar-refractivity contribution in [2.75, 3.05) is 76.4 Å². The molecule has 12 unspecified atom stereocenters. The van der Waals surface area contributed by atoms with E-state index < -0.39 is 145 Å². The van der Waals surface area contributed by atoms with E-state index in [1.807, 2.05) is 115 Å². The standard InChI is InChI=1S/C32H33N7O6.C29H28FN7O7.C29H29N7O7/c1-3-33-32(43)37-28-25-29(35-17-34-28)39(18-36-25)23-15-20(16-38(2)30(40)21-11-7-8-12-22(21)31(41)42)26-27(23)45-24(44-26)14-13-19-9-5-4-6-10-19;1-3-31-29(41)35-23-20-24(33-13-32-23)37(14-34-20)26-22-21(43-28(44-22)15-8-5-4-6-9-15)18(42-26)12-36(2)25(38)19-16(27(39)40)10-7-11-17(19)30;1-3-30-29(40)34-23-20-24(32-14-31-23)36(15-33-20)26-22-21(42-28(43-22)16-9-5-4-6-10-16)19(41-26)13-35(2)25(37)17-11-7-8-12-18(17)27(38)39/h4-14,17-18,20,23-24,26-27H,3,15-16H2,1-2H3,(H,41,42)(H2,33,34,35,37,43);4-11,13-14,18,21-22,26,28H,3,12H2,1-2H3,(H,39,40)(H2,31,32,33,35,41);4-12,14-15,19,21-22,26,28H,3,13H2,1-2H3,(H,38,39)(H2,30,31,32,34,40)/b14-13+;;/t20?,23?,24-,26?,27?;18?,21?,22?,26?,28-;19?,21?,22?,26?,28-/m000/s1. The number of nitrogens with zero attached hydrogens (tertiary/aromatic N) is 15. The fraction of sp³-hybridized carbons (Fsp3) is 0.311. The van der Waals surface area contributed by atoms with Crippen LogP contribution in [0.1, 0.15) is 137 Å². The summed E-state index contributed by atoms with van der Waals surface area (Å²) in [5.74, 6) is -5.87. The van der Waals surface area contributed by atoms with Gasteiger partial charge in [0.25, 0.3) is 17.7 Å². The van der Waals surface area contributed by atoms with Gasteiger partial charge in [-0.25, -0.2) is 78.0 Å². The van der Waals surface area contributed by atoms with Crippen LogP contribution in [0.2, 0.25) is 0 Å². The van der Waals surface area contributed by atoms with Gasteiger partial charge < -0.3 is 88.4 Å². The van der Waals surface area contributed by atoms with Crippen LogP contribution in [0.15, 0.2) is 202 Å². The lowest BCUT2D eigenvalue weighted by Gasteiger charge is -2.25. The number of aromatic carboxylic acids is 3. The van der Waals surface area contributed by atoms with Gasteiger partial charge in [0.15, 0.2) is 82.3 Å². The van der Waals surface area contributed by atoms with Gasteiger partial charge in [-0.2, -0.15) is 0 Å². The van der Waals surface area contributed by atoms with E-state index in [4.69, 9.17) is 37.9 Å². The van der Waals surface area contributed by atoms with Crippen LogP contribution < -0.4 is 31.9 Å². The van der Waals surface area contributed by atoms with Crippen molar-refractivity contribution >= 4 is 111 Å². The molecule has 11 heterocycles. The van der Waals surface area contributed by atoms with E-state index in [1.165, 1.54) is 89.8 Å². The van der Waals surface area contributed by atoms with Crippen LogP contribution in [-0.4, -0.2) is 258 Å². The molecule has 6 fully saturated rings. The third-order valence-corrected chi connectivity index (χ3v) is 22.8. The second-order valence-corrected chi connectivity index (χ2v) is 31.2. The molecule has 5 saturated heterocycles. The van der Waals surface area contributed by atoms with Crippen molar-refractivity contribution in [3.8, 4) is 0 Å². The van der Waals surface area contributed by atoms with Gasteiger partial charge in [-0.1, -0.05) is 127 Å². The third-order valence-electron chi connectivity index (χ3n) is 22.8. The number of imidazole rings is 3. The first-order valence-corrected chi connectivity index (χ1v) is 42.1. The minimum Gasteiger partial charge on any atom is -0.478 e. The van der Waals surface area contributed by atoms with Crippen LogP contribution >= 0.6 is 0 Å². The fourth-order valence-electron chi connectivity index (χ4n) is 16.8. The normalized spacial score (nSPS) is 22.5. The van der Waals surface area contributed by atoms with Crippen LogP contribution in [-0.2, 0) is 37.9 Å². The summed E-state index contributed by atoms with van der Waals surface area (Å²) < 4.78 is 71.1. The molecule has 42 heteroatoms. The predicted octanol–water partition coefficient (Wildman–Crippen LogP) is 9.60. The highest BCUT2D eigenvalue weighted by molar-refractivity contribution is 6.07. The number of benzene rings is 6. The molecule has 1 saturated carbocycles. The van der Waals surface area contributed by atoms with Crippen molar-refractivity contribution < 1.29 is 101 Å². The average molecular weight is 1800 g/mol. The summed E-state index contributed by atoms with van der Waals surface area (Å²) in [5.41, 5.74) is 4.01. The minimum absolute atomic E-state index is 0.0512. The number of ether oxygens (including phenoxy) is 8. The highest BCUT2D eigenvalue weighted by atomic mass is 19.1. The molecule has 682 valence electrons. The van der Waals surface area contributed by atoms with Crippen LogP contribution in [0.5, 0.6) is 0 Å². The lowest BCUT2D eigenvalue weighted by Crippen LogP contribution is -2.41. The number of carboxylic acids is 3. The number of likely N-dealkylation sites (N-methyl/N-ethyl adjacent to an activating group) is 2. The number of carbonyl (C=O) groups excluding carboxylic acids is 6. The van der Waals surface area contributed by atoms with Crippen LogP contribution in [0, 0.1) is 11.7 Å². The molecule has 15 atom stereocenters. The summed E-state index contributed by atoms with van der Waals surface area (Å²) in [6, 6.07) is 42.7. The van der Waals surface area contributed by atoms with Crippen LogP contribution in [0.25, 0.3) is 39.6 Å². The summed E-state index contributed by atoms with van der Waals surface area (Å²) in [7, 11) is 4.66. The molecular weight excluding hydrogens is 1710 g/mol. The molecule has 12 aromatic rings. The Morgan fingerprint density at radius 3 is 1.23 bits per heavy atom. The Balaban J connectivity index is 0.000000144. The Bertz CT molecular complexity index is 6320. The molecule has 5 aliphatic heterocycles. The number of rotatable bonds is 25. The molecular formula is C90H90FN21O20. The summed E-state index contributed by atoms with van der Waals surface area (Å²) in [4.78, 5) is 155. The SMILES string of the molecule is CCNC(=O)Nc1ncnc2c1ncn2C1CC(CN(C)C(=O)c2ccccc2C(=O)O)C2O[C@H](/C=C/c3ccccc3)OC21.CCNC(=O)Nc1ncnc2c1ncn2C1OC(CN(C)C(=O)c2c(F)cccc2C(=O)O)C2O[C@H](c3ccccc3)OC21.CCNC(=O)Nc1ncnc2c1ncn2C1OC(CN(C)C(=O)c2ccccc2C(=O)O)C2O[C@H](c3ccccc3)OC21. The van der Waals surface area contributed by atoms with Gasteiger partial charge in [-0.15, -0.1) is 0 Å². The third kappa shape index (κ3) is 19.0. The van der Waals surface area contributed by atoms with Crippen molar-refractivity contribution in [2.24, 2.45) is 5.92 Å². The minimum atomic E-state index is -1.42. The Labute approximate surface area is 750 Å². The zero-order valence-electron chi connectivity index (χ0n) is 71.6. The highest BCUT2D eigenvalue weighted by Gasteiger charge is 2.57. The van der Waals surface area contributed by atoms with Crippen molar-refractivity contribution in [3.05, 3.63) is 258 Å². The van der Waals surface area contributed by atoms with Crippen molar-refractivity contribution in [3.63, 3.8) is 0 Å². The first-order chi connectivity index (χ1) is 63.9. The van der Waals surface area contributed by atoms with Gasteiger partial charge in [-0.3, -0.25) is 39.5 Å². The number of carboxylic acid groups (broad SMARTS) is 3. The molecule has 9 N–H and O–H groups in total. The molecule has 0 spiro atoms. The van der Waals surface area contributed by atoms with E-state index >= 15 is 0 Å². The number of aromatic nitrogens is 12. The number of amides is 9. The summed E-state index contributed by atoms with van der Waals surface area (Å²) >= 11 is 0. The summed E-state index contributed by atoms with van der Waals surface area (Å²) in [6.45, 7) is 7.02. The van der Waals surface area contributed by atoms with Gasteiger partial charge in [0.05, 0.1) is 64.5 Å². The quantitative estimate of drug-likeness (QED) is 0.0257. The fourth-order valence-corrected chi connectivity index (χ4v) is 16.8. The molecule has 9 amide bonds. The Morgan fingerprint density at radius 2 is 0.788 bits per heavy atom. The van der Waals surface area contributed by atoms with E-state index in [-0.39, 0.29) is 70.9 Å². The summed E-state index contributed by atoms with van der Waals surface area (Å²) in [6.07, 6.45) is 4.58. The largest absolute Gasteiger partial charge is 0.478 e. The molecule has 0 radical (unpaired) electrons. The van der Waals surface area contributed by atoms with Crippen molar-refractivity contribution in [1.29, 1.82) is 0 Å². The number of hydrogen-bond donors (Lipinski definition) is 9. The highest BCUT2D eigenvalue weighted by Crippen LogP contribution is 2.49. The molecule has 6 aromatic heterocycles. The van der Waals surface area contributed by atoms with E-state index in [1.54, 1.807) is 67.7 Å². The van der Waals surface area contributed by atoms with E-state index in [9.17, 15) is 62.9 Å². The Hall–Kier alpha value is -15.1. The van der Waals surface area contributed by atoms with Gasteiger partial charge in [-0.05, 0) is 75.2 Å². The first kappa shape index (κ1) is 90.3. The molecule has 1 aliphatic carbocycles. The number of carbonyl (C=O) groups is 9. The molecule has 0 bridgehead atoms. The smallest absolute Gasteiger partial charge is 0.336 e. The Morgan fingerprint density at radius 1 is 0.409 bits per heavy atom. The number of halogens is 1. The average Bonchev–Trinajstić information content (AvgIpc) is 1.60. The number of hydrogen-bond acceptors (Lipinski definition) is 26. The predicted molar refractivity (Wildman–Crippen MR) is 467 cm³/mol. The maximum absolute atomic E-state index is 14.7. The van der Waals surface area contributed by atoms with Crippen molar-refractivity contribution in [1.82, 2.24) is 89.2 Å². The molecule has 6 aromatic carbocycles. The summed E-state index contributed by atoms with van der Waals surface area (Å²) in [5, 5.41) is 44.8. The number of anilines is 3. The maximum atomic E-state index is 14.7. The van der Waals surface area contributed by atoms with Crippen LogP contribution in [0.4, 0.5) is 36.2 Å². The van der Waals surface area contributed by atoms with E-state index in [0.29, 0.717) is 66.1 Å². The Kier molecular flexibility index (Phi) is 27.3. The van der Waals surface area contributed by atoms with Gasteiger partial charge in [0.1, 0.15) is 67.5 Å². The second-order valence-electron chi connectivity index (χ2n) is 31.2. The molecule has 132 heavy (non-hydrogen) atoms. The number of urea groups is 3. The lowest BCUT2D eigenvalue weighted by molar-refractivity contribution is -0.148. The molecule has 41 nitrogen and oxygen atoms in total. The van der Waals surface area contributed by atoms with E-state index in [2.05, 4.69) is 76.8 Å². The second kappa shape index (κ2) is 39.9. The van der Waals surface area contributed by atoms with Gasteiger partial charge in [0.2, 0.25) is 0 Å². The zero-order valence-corrected chi connectivity index (χ0v) is 71.6. The molecule has 6 aliphatic rings. The number of fused-ring (bicyclic) bond motifs is 6. The molecule has 18 rings (SSSR count). The zero-order chi connectivity index (χ0) is 92.5. The first-order valence-electron chi connectivity index (χ1n) is 42.1. The number of nitrogens with one attached hydrogen (secondary N) is 6. The topological polar surface area (TPSA) is 501 Å². The van der Waals surface area contributed by atoms with Gasteiger partial charge >= 0.3 is 36.0 Å². The lowest BCUT2D eigenvalue weighted by atomic mass is 10.0.